The molecule has 0 aromatic heterocycles. The van der Waals surface area contributed by atoms with Gasteiger partial charge < -0.3 is 10.2 Å². The number of aliphatic carboxylic acids is 1. The van der Waals surface area contributed by atoms with Gasteiger partial charge in [0.1, 0.15) is 0 Å². The molecular formula is C15H14O3. The van der Waals surface area contributed by atoms with Gasteiger partial charge in [-0.25, -0.2) is 0 Å². The Balaban J connectivity index is 2.20. The van der Waals surface area contributed by atoms with Crippen LogP contribution in [0, 0.1) is 0 Å². The van der Waals surface area contributed by atoms with Crippen molar-refractivity contribution in [2.24, 2.45) is 0 Å². The van der Waals surface area contributed by atoms with Gasteiger partial charge in [0.25, 0.3) is 0 Å². The van der Waals surface area contributed by atoms with Crippen molar-refractivity contribution in [1.82, 2.24) is 0 Å². The molecule has 92 valence electrons. The Bertz CT molecular complexity index is 527. The lowest BCUT2D eigenvalue weighted by Gasteiger charge is -2.04. The Hall–Kier alpha value is -2.13. The van der Waals surface area contributed by atoms with E-state index >= 15 is 0 Å². The number of carboxylic acids is 1. The van der Waals surface area contributed by atoms with E-state index in [1.807, 2.05) is 48.5 Å². The maximum Gasteiger partial charge on any atom is 0.307 e. The van der Waals surface area contributed by atoms with Crippen molar-refractivity contribution in [3.05, 3.63) is 59.7 Å². The smallest absolute Gasteiger partial charge is 0.307 e. The first kappa shape index (κ1) is 12.3. The van der Waals surface area contributed by atoms with E-state index in [9.17, 15) is 4.79 Å². The summed E-state index contributed by atoms with van der Waals surface area (Å²) < 4.78 is 0. The molecule has 0 aliphatic heterocycles. The van der Waals surface area contributed by atoms with Crippen LogP contribution in [-0.2, 0) is 17.8 Å². The highest BCUT2D eigenvalue weighted by atomic mass is 16.4. The maximum absolute atomic E-state index is 10.6. The third-order valence-electron chi connectivity index (χ3n) is 2.78. The van der Waals surface area contributed by atoms with Crippen molar-refractivity contribution < 1.29 is 15.0 Å². The second-order valence-corrected chi connectivity index (χ2v) is 4.12. The number of benzene rings is 2. The summed E-state index contributed by atoms with van der Waals surface area (Å²) in [5, 5.41) is 17.7. The Morgan fingerprint density at radius 3 is 1.67 bits per heavy atom. The van der Waals surface area contributed by atoms with Gasteiger partial charge in [-0.05, 0) is 22.3 Å². The largest absolute Gasteiger partial charge is 0.481 e. The molecule has 0 amide bonds. The summed E-state index contributed by atoms with van der Waals surface area (Å²) in [7, 11) is 0. The minimum atomic E-state index is -0.824. The predicted octanol–water partition coefficient (Wildman–Crippen LogP) is 2.47. The number of aliphatic hydroxyl groups is 1. The minimum absolute atomic E-state index is 0.0395. The highest BCUT2D eigenvalue weighted by Crippen LogP contribution is 2.20. The van der Waals surface area contributed by atoms with Crippen LogP contribution in [0.5, 0.6) is 0 Å². The molecule has 0 unspecified atom stereocenters. The van der Waals surface area contributed by atoms with Gasteiger partial charge in [-0.2, -0.15) is 0 Å². The zero-order valence-corrected chi connectivity index (χ0v) is 9.84. The molecule has 0 saturated carbocycles. The van der Waals surface area contributed by atoms with Crippen LogP contribution in [-0.4, -0.2) is 16.2 Å². The van der Waals surface area contributed by atoms with Crippen molar-refractivity contribution in [2.45, 2.75) is 13.0 Å². The number of carboxylic acid groups (broad SMARTS) is 1. The predicted molar refractivity (Wildman–Crippen MR) is 69.1 cm³/mol. The van der Waals surface area contributed by atoms with E-state index in [2.05, 4.69) is 0 Å². The number of rotatable bonds is 4. The van der Waals surface area contributed by atoms with Crippen LogP contribution in [0.25, 0.3) is 11.1 Å². The summed E-state index contributed by atoms with van der Waals surface area (Å²) in [6.07, 6.45) is 0.0454. The van der Waals surface area contributed by atoms with E-state index in [-0.39, 0.29) is 13.0 Å². The second-order valence-electron chi connectivity index (χ2n) is 4.12. The lowest BCUT2D eigenvalue weighted by Crippen LogP contribution is -1.99. The topological polar surface area (TPSA) is 57.5 Å². The van der Waals surface area contributed by atoms with E-state index < -0.39 is 5.97 Å². The summed E-state index contributed by atoms with van der Waals surface area (Å²) in [4.78, 5) is 10.6. The summed E-state index contributed by atoms with van der Waals surface area (Å²) in [6.45, 7) is 0.0395. The van der Waals surface area contributed by atoms with Crippen LogP contribution in [0.4, 0.5) is 0 Å². The van der Waals surface area contributed by atoms with E-state index in [0.717, 1.165) is 22.3 Å². The molecule has 2 N–H and O–H groups in total. The Morgan fingerprint density at radius 1 is 0.833 bits per heavy atom. The first-order valence-electron chi connectivity index (χ1n) is 5.70. The van der Waals surface area contributed by atoms with Crippen LogP contribution < -0.4 is 0 Å². The number of hydrogen-bond donors (Lipinski definition) is 2. The van der Waals surface area contributed by atoms with Crippen molar-refractivity contribution in [3.8, 4) is 11.1 Å². The van der Waals surface area contributed by atoms with E-state index in [4.69, 9.17) is 10.2 Å². The molecular weight excluding hydrogens is 228 g/mol. The SMILES string of the molecule is O=C(O)Cc1ccc(-c2ccc(CO)cc2)cc1. The molecule has 0 spiro atoms. The van der Waals surface area contributed by atoms with Crippen LogP contribution in [0.2, 0.25) is 0 Å². The van der Waals surface area contributed by atoms with Gasteiger partial charge in [-0.15, -0.1) is 0 Å². The van der Waals surface area contributed by atoms with Gasteiger partial charge in [0, 0.05) is 0 Å². The second kappa shape index (κ2) is 5.47. The average Bonchev–Trinajstić information content (AvgIpc) is 2.39. The fourth-order valence-corrected chi connectivity index (χ4v) is 1.79. The number of hydrogen-bond acceptors (Lipinski definition) is 2. The van der Waals surface area contributed by atoms with Gasteiger partial charge >= 0.3 is 5.97 Å². The van der Waals surface area contributed by atoms with Gasteiger partial charge in [0.15, 0.2) is 0 Å². The van der Waals surface area contributed by atoms with Crippen LogP contribution in [0.15, 0.2) is 48.5 Å². The quantitative estimate of drug-likeness (QED) is 0.866. The van der Waals surface area contributed by atoms with Crippen molar-refractivity contribution in [1.29, 1.82) is 0 Å². The Kier molecular flexibility index (Phi) is 3.75. The normalized spacial score (nSPS) is 10.3. The lowest BCUT2D eigenvalue weighted by molar-refractivity contribution is -0.136. The monoisotopic (exact) mass is 242 g/mol. The summed E-state index contributed by atoms with van der Waals surface area (Å²) in [5.74, 6) is -0.824. The first-order valence-corrected chi connectivity index (χ1v) is 5.70. The van der Waals surface area contributed by atoms with Gasteiger partial charge in [-0.3, -0.25) is 4.79 Å². The molecule has 0 heterocycles. The molecule has 0 radical (unpaired) electrons. The van der Waals surface area contributed by atoms with Crippen LogP contribution >= 0.6 is 0 Å². The van der Waals surface area contributed by atoms with Crippen molar-refractivity contribution in [2.75, 3.05) is 0 Å². The number of carbonyl (C=O) groups is 1. The summed E-state index contributed by atoms with van der Waals surface area (Å²) in [5.41, 5.74) is 3.75. The Labute approximate surface area is 105 Å². The molecule has 2 aromatic rings. The summed E-state index contributed by atoms with van der Waals surface area (Å²) >= 11 is 0. The fourth-order valence-electron chi connectivity index (χ4n) is 1.79. The third-order valence-corrected chi connectivity index (χ3v) is 2.78. The van der Waals surface area contributed by atoms with Crippen molar-refractivity contribution >= 4 is 5.97 Å². The zero-order chi connectivity index (χ0) is 13.0. The molecule has 0 aliphatic rings. The fraction of sp³-hybridized carbons (Fsp3) is 0.133. The third kappa shape index (κ3) is 2.96. The molecule has 2 rings (SSSR count). The average molecular weight is 242 g/mol. The maximum atomic E-state index is 10.6. The van der Waals surface area contributed by atoms with Crippen LogP contribution in [0.3, 0.4) is 0 Å². The van der Waals surface area contributed by atoms with E-state index in [0.29, 0.717) is 0 Å². The molecule has 2 aromatic carbocycles. The standard InChI is InChI=1S/C15H14O3/c16-10-12-3-7-14(8-4-12)13-5-1-11(2-6-13)9-15(17)18/h1-8,16H,9-10H2,(H,17,18). The van der Waals surface area contributed by atoms with Gasteiger partial charge in [-0.1, -0.05) is 48.5 Å². The lowest BCUT2D eigenvalue weighted by atomic mass is 10.0. The summed E-state index contributed by atoms with van der Waals surface area (Å²) in [6, 6.07) is 15.1. The highest BCUT2D eigenvalue weighted by molar-refractivity contribution is 5.71. The van der Waals surface area contributed by atoms with Gasteiger partial charge in [0.2, 0.25) is 0 Å². The molecule has 0 atom stereocenters. The minimum Gasteiger partial charge on any atom is -0.481 e. The molecule has 0 bridgehead atoms. The number of aliphatic hydroxyl groups excluding tert-OH is 1. The molecule has 3 heteroatoms. The van der Waals surface area contributed by atoms with E-state index in [1.54, 1.807) is 0 Å². The van der Waals surface area contributed by atoms with E-state index in [1.165, 1.54) is 0 Å². The molecule has 0 saturated heterocycles. The molecule has 0 aliphatic carbocycles. The first-order chi connectivity index (χ1) is 8.69. The Morgan fingerprint density at radius 2 is 1.28 bits per heavy atom. The molecule has 0 fully saturated rings. The molecule has 3 nitrogen and oxygen atoms in total. The van der Waals surface area contributed by atoms with Crippen LogP contribution in [0.1, 0.15) is 11.1 Å². The zero-order valence-electron chi connectivity index (χ0n) is 9.84. The van der Waals surface area contributed by atoms with Gasteiger partial charge in [0.05, 0.1) is 13.0 Å². The molecule has 18 heavy (non-hydrogen) atoms. The highest BCUT2D eigenvalue weighted by Gasteiger charge is 2.01. The van der Waals surface area contributed by atoms with Crippen molar-refractivity contribution in [3.63, 3.8) is 0 Å².